The van der Waals surface area contributed by atoms with Crippen molar-refractivity contribution in [2.45, 2.75) is 37.3 Å². The number of rotatable bonds is 1. The normalized spacial score (nSPS) is 30.4. The van der Waals surface area contributed by atoms with E-state index in [1.165, 1.54) is 25.1 Å². The zero-order chi connectivity index (χ0) is 12.3. The van der Waals surface area contributed by atoms with Crippen LogP contribution < -0.4 is 5.32 Å². The van der Waals surface area contributed by atoms with Crippen LogP contribution in [0.2, 0.25) is 5.02 Å². The average Bonchev–Trinajstić information content (AvgIpc) is 3.03. The number of para-hydroxylation sites is 1. The van der Waals surface area contributed by atoms with Crippen LogP contribution in [0.15, 0.2) is 18.2 Å². The average molecular weight is 262 g/mol. The van der Waals surface area contributed by atoms with Crippen LogP contribution in [0.4, 0.5) is 0 Å². The van der Waals surface area contributed by atoms with E-state index in [0.29, 0.717) is 18.0 Å². The van der Waals surface area contributed by atoms with E-state index < -0.39 is 0 Å². The highest BCUT2D eigenvalue weighted by Crippen LogP contribution is 2.40. The molecule has 1 aromatic heterocycles. The van der Waals surface area contributed by atoms with Gasteiger partial charge in [0.1, 0.15) is 5.82 Å². The number of halogens is 1. The molecular weight excluding hydrogens is 246 g/mol. The van der Waals surface area contributed by atoms with Crippen molar-refractivity contribution in [3.05, 3.63) is 29.0 Å². The number of benzene rings is 1. The maximum absolute atomic E-state index is 6.28. The van der Waals surface area contributed by atoms with Gasteiger partial charge in [0, 0.05) is 25.0 Å². The van der Waals surface area contributed by atoms with Crippen molar-refractivity contribution in [3.63, 3.8) is 0 Å². The molecule has 0 spiro atoms. The Hall–Kier alpha value is -1.06. The quantitative estimate of drug-likeness (QED) is 0.856. The number of aryl methyl sites for hydroxylation is 1. The molecular formula is C14H16ClN3. The van der Waals surface area contributed by atoms with Gasteiger partial charge in [-0.3, -0.25) is 0 Å². The molecule has 2 aromatic rings. The molecule has 2 bridgehead atoms. The summed E-state index contributed by atoms with van der Waals surface area (Å²) in [5, 5.41) is 4.47. The summed E-state index contributed by atoms with van der Waals surface area (Å²) in [6.07, 6.45) is 3.83. The fourth-order valence-corrected chi connectivity index (χ4v) is 3.98. The summed E-state index contributed by atoms with van der Waals surface area (Å²) in [6.45, 7) is 0. The summed E-state index contributed by atoms with van der Waals surface area (Å²) in [7, 11) is 2.09. The van der Waals surface area contributed by atoms with Gasteiger partial charge < -0.3 is 9.88 Å². The number of nitrogens with one attached hydrogen (secondary N) is 1. The Morgan fingerprint density at radius 2 is 2.28 bits per heavy atom. The molecule has 1 N–H and O–H groups in total. The van der Waals surface area contributed by atoms with Crippen molar-refractivity contribution in [3.8, 4) is 0 Å². The lowest BCUT2D eigenvalue weighted by Gasteiger charge is -2.19. The monoisotopic (exact) mass is 261 g/mol. The van der Waals surface area contributed by atoms with Crippen LogP contribution in [0, 0.1) is 0 Å². The largest absolute Gasteiger partial charge is 0.330 e. The van der Waals surface area contributed by atoms with E-state index in [1.54, 1.807) is 0 Å². The molecule has 94 valence electrons. The number of hydrogen-bond donors (Lipinski definition) is 1. The van der Waals surface area contributed by atoms with Gasteiger partial charge in [-0.1, -0.05) is 17.7 Å². The minimum Gasteiger partial charge on any atom is -0.330 e. The zero-order valence-corrected chi connectivity index (χ0v) is 11.1. The number of nitrogens with zero attached hydrogens (tertiary/aromatic N) is 2. The zero-order valence-electron chi connectivity index (χ0n) is 10.4. The molecule has 18 heavy (non-hydrogen) atoms. The predicted octanol–water partition coefficient (Wildman–Crippen LogP) is 2.83. The molecule has 3 nitrogen and oxygen atoms in total. The van der Waals surface area contributed by atoms with E-state index in [0.717, 1.165) is 16.1 Å². The second-order valence-electron chi connectivity index (χ2n) is 5.53. The third kappa shape index (κ3) is 1.38. The lowest BCUT2D eigenvalue weighted by atomic mass is 9.88. The SMILES string of the molecule is Cn1c(C2CC3CCC2N3)nc2cccc(Cl)c21. The first-order valence-corrected chi connectivity index (χ1v) is 6.98. The van der Waals surface area contributed by atoms with Gasteiger partial charge in [-0.2, -0.15) is 0 Å². The first-order chi connectivity index (χ1) is 8.74. The van der Waals surface area contributed by atoms with Gasteiger partial charge in [-0.25, -0.2) is 4.98 Å². The second kappa shape index (κ2) is 3.72. The Bertz CT molecular complexity index is 619. The van der Waals surface area contributed by atoms with Crippen LogP contribution in [0.25, 0.3) is 11.0 Å². The minimum atomic E-state index is 0.553. The summed E-state index contributed by atoms with van der Waals surface area (Å²) in [5.41, 5.74) is 2.08. The van der Waals surface area contributed by atoms with Crippen molar-refractivity contribution in [1.82, 2.24) is 14.9 Å². The maximum atomic E-state index is 6.28. The highest BCUT2D eigenvalue weighted by atomic mass is 35.5. The molecule has 0 amide bonds. The lowest BCUT2D eigenvalue weighted by Crippen LogP contribution is -2.23. The van der Waals surface area contributed by atoms with Crippen LogP contribution in [0.5, 0.6) is 0 Å². The van der Waals surface area contributed by atoms with Gasteiger partial charge in [-0.15, -0.1) is 0 Å². The topological polar surface area (TPSA) is 29.9 Å². The van der Waals surface area contributed by atoms with Crippen molar-refractivity contribution < 1.29 is 0 Å². The van der Waals surface area contributed by atoms with Crippen LogP contribution in [-0.2, 0) is 7.05 Å². The first-order valence-electron chi connectivity index (χ1n) is 6.61. The molecule has 1 aromatic carbocycles. The molecule has 3 unspecified atom stereocenters. The third-order valence-corrected chi connectivity index (χ3v) is 4.82. The second-order valence-corrected chi connectivity index (χ2v) is 5.93. The molecule has 4 heteroatoms. The molecule has 2 saturated heterocycles. The third-order valence-electron chi connectivity index (χ3n) is 4.51. The Labute approximate surface area is 111 Å². The van der Waals surface area contributed by atoms with Crippen molar-refractivity contribution in [1.29, 1.82) is 0 Å². The van der Waals surface area contributed by atoms with Gasteiger partial charge in [-0.05, 0) is 31.4 Å². The van der Waals surface area contributed by atoms with Crippen LogP contribution in [-0.4, -0.2) is 21.6 Å². The Balaban J connectivity index is 1.86. The Kier molecular flexibility index (Phi) is 2.24. The molecule has 4 rings (SSSR count). The molecule has 0 aliphatic carbocycles. The summed E-state index contributed by atoms with van der Waals surface area (Å²) in [4.78, 5) is 4.81. The lowest BCUT2D eigenvalue weighted by molar-refractivity contribution is 0.478. The van der Waals surface area contributed by atoms with Crippen molar-refractivity contribution >= 4 is 22.6 Å². The van der Waals surface area contributed by atoms with Crippen LogP contribution in [0.1, 0.15) is 31.0 Å². The number of aromatic nitrogens is 2. The standard InChI is InChI=1S/C14H16ClN3/c1-18-13-10(15)3-2-4-12(13)17-14(18)9-7-8-5-6-11(9)16-8/h2-4,8-9,11,16H,5-7H2,1H3. The van der Waals surface area contributed by atoms with Crippen LogP contribution >= 0.6 is 11.6 Å². The molecule has 2 aliphatic rings. The summed E-state index contributed by atoms with van der Waals surface area (Å²) in [5.74, 6) is 1.75. The summed E-state index contributed by atoms with van der Waals surface area (Å²) < 4.78 is 2.19. The van der Waals surface area contributed by atoms with Gasteiger partial charge in [0.25, 0.3) is 0 Å². The van der Waals surface area contributed by atoms with Crippen LogP contribution in [0.3, 0.4) is 0 Å². The minimum absolute atomic E-state index is 0.553. The molecule has 2 aliphatic heterocycles. The fraction of sp³-hybridized carbons (Fsp3) is 0.500. The van der Waals surface area contributed by atoms with E-state index in [2.05, 4.69) is 16.9 Å². The molecule has 3 heterocycles. The number of imidazole rings is 1. The molecule has 2 fully saturated rings. The predicted molar refractivity (Wildman–Crippen MR) is 73.0 cm³/mol. The van der Waals surface area contributed by atoms with Gasteiger partial charge in [0.2, 0.25) is 0 Å². The van der Waals surface area contributed by atoms with Gasteiger partial charge in [0.05, 0.1) is 16.1 Å². The maximum Gasteiger partial charge on any atom is 0.114 e. The highest BCUT2D eigenvalue weighted by molar-refractivity contribution is 6.35. The Morgan fingerprint density at radius 1 is 1.39 bits per heavy atom. The number of hydrogen-bond acceptors (Lipinski definition) is 2. The van der Waals surface area contributed by atoms with E-state index in [9.17, 15) is 0 Å². The fourth-order valence-electron chi connectivity index (χ4n) is 3.68. The van der Waals surface area contributed by atoms with E-state index >= 15 is 0 Å². The summed E-state index contributed by atoms with van der Waals surface area (Å²) >= 11 is 6.28. The van der Waals surface area contributed by atoms with Crippen molar-refractivity contribution in [2.24, 2.45) is 7.05 Å². The van der Waals surface area contributed by atoms with Crippen molar-refractivity contribution in [2.75, 3.05) is 0 Å². The molecule has 0 saturated carbocycles. The van der Waals surface area contributed by atoms with E-state index in [1.807, 2.05) is 18.2 Å². The smallest absolute Gasteiger partial charge is 0.114 e. The summed E-state index contributed by atoms with van der Waals surface area (Å²) in [6, 6.07) is 7.28. The number of fused-ring (bicyclic) bond motifs is 3. The first kappa shape index (κ1) is 10.8. The van der Waals surface area contributed by atoms with Gasteiger partial charge >= 0.3 is 0 Å². The van der Waals surface area contributed by atoms with E-state index in [-0.39, 0.29) is 0 Å². The molecule has 0 radical (unpaired) electrons. The van der Waals surface area contributed by atoms with E-state index in [4.69, 9.17) is 16.6 Å². The highest BCUT2D eigenvalue weighted by Gasteiger charge is 2.41. The Morgan fingerprint density at radius 3 is 2.94 bits per heavy atom. The molecule has 3 atom stereocenters. The van der Waals surface area contributed by atoms with Gasteiger partial charge in [0.15, 0.2) is 0 Å².